The van der Waals surface area contributed by atoms with E-state index in [-0.39, 0.29) is 25.5 Å². The van der Waals surface area contributed by atoms with Crippen LogP contribution in [-0.2, 0) is 4.74 Å². The summed E-state index contributed by atoms with van der Waals surface area (Å²) in [7, 11) is 0. The number of anilines is 1. The minimum atomic E-state index is -1.06. The molecule has 32 heavy (non-hydrogen) atoms. The highest BCUT2D eigenvalue weighted by Gasteiger charge is 2.29. The molecular weight excluding hydrogens is 404 g/mol. The largest absolute Gasteiger partial charge is 0.449 e. The maximum absolute atomic E-state index is 12.2. The number of rotatable bonds is 7. The Balaban J connectivity index is 1.28. The fourth-order valence-corrected chi connectivity index (χ4v) is 4.23. The first-order valence-electron chi connectivity index (χ1n) is 10.8. The number of aliphatic hydroxyl groups excluding tert-OH is 2. The van der Waals surface area contributed by atoms with Gasteiger partial charge in [-0.15, -0.1) is 0 Å². The van der Waals surface area contributed by atoms with Crippen molar-refractivity contribution in [2.45, 2.75) is 31.5 Å². The van der Waals surface area contributed by atoms with Gasteiger partial charge in [0.15, 0.2) is 0 Å². The molecule has 5 N–H and O–H groups in total. The van der Waals surface area contributed by atoms with E-state index in [9.17, 15) is 15.0 Å². The highest BCUT2D eigenvalue weighted by atomic mass is 16.5. The summed E-state index contributed by atoms with van der Waals surface area (Å²) in [5.41, 5.74) is 12.5. The van der Waals surface area contributed by atoms with Crippen molar-refractivity contribution in [1.29, 1.82) is 0 Å². The highest BCUT2D eigenvalue weighted by molar-refractivity contribution is 5.79. The van der Waals surface area contributed by atoms with E-state index in [4.69, 9.17) is 10.5 Å². The standard InChI is InChI=1S/C26H28N2O4/c1-16-14-17(10-11-23(16)27)25(30)24(29)12-13-28-26(31)32-15-22-20-8-4-2-6-18(20)19-7-3-5-9-21(19)22/h2-11,14,22,24-25,29-30H,12-13,15,27H2,1H3,(H,28,31). The van der Waals surface area contributed by atoms with E-state index >= 15 is 0 Å². The molecular formula is C26H28N2O4. The highest BCUT2D eigenvalue weighted by Crippen LogP contribution is 2.44. The summed E-state index contributed by atoms with van der Waals surface area (Å²) in [6.07, 6.45) is -2.43. The quantitative estimate of drug-likeness (QED) is 0.424. The van der Waals surface area contributed by atoms with Crippen LogP contribution in [0.3, 0.4) is 0 Å². The minimum Gasteiger partial charge on any atom is -0.449 e. The summed E-state index contributed by atoms with van der Waals surface area (Å²) in [6, 6.07) is 21.5. The Kier molecular flexibility index (Phi) is 6.44. The SMILES string of the molecule is Cc1cc(C(O)C(O)CCNC(=O)OCC2c3ccccc3-c3ccccc32)ccc1N. The molecule has 6 nitrogen and oxygen atoms in total. The number of ether oxygens (including phenoxy) is 1. The van der Waals surface area contributed by atoms with Gasteiger partial charge in [0.2, 0.25) is 0 Å². The number of aliphatic hydroxyl groups is 2. The lowest BCUT2D eigenvalue weighted by molar-refractivity contribution is 0.0136. The molecule has 6 heteroatoms. The monoisotopic (exact) mass is 432 g/mol. The van der Waals surface area contributed by atoms with E-state index in [0.29, 0.717) is 11.3 Å². The fourth-order valence-electron chi connectivity index (χ4n) is 4.23. The van der Waals surface area contributed by atoms with Gasteiger partial charge >= 0.3 is 6.09 Å². The number of nitrogen functional groups attached to an aromatic ring is 1. The lowest BCUT2D eigenvalue weighted by Crippen LogP contribution is -2.30. The van der Waals surface area contributed by atoms with E-state index in [0.717, 1.165) is 16.7 Å². The maximum atomic E-state index is 12.2. The summed E-state index contributed by atoms with van der Waals surface area (Å²) in [6.45, 7) is 2.26. The summed E-state index contributed by atoms with van der Waals surface area (Å²) in [5.74, 6) is -0.00526. The normalized spacial score (nSPS) is 14.3. The zero-order chi connectivity index (χ0) is 22.7. The number of alkyl carbamates (subject to hydrolysis) is 1. The van der Waals surface area contributed by atoms with E-state index in [1.807, 2.05) is 31.2 Å². The molecule has 0 aliphatic heterocycles. The molecule has 0 saturated heterocycles. The van der Waals surface area contributed by atoms with Gasteiger partial charge < -0.3 is 26.0 Å². The molecule has 2 atom stereocenters. The Morgan fingerprint density at radius 3 is 2.28 bits per heavy atom. The molecule has 0 saturated carbocycles. The maximum Gasteiger partial charge on any atom is 0.407 e. The number of aryl methyl sites for hydroxylation is 1. The third-order valence-corrected chi connectivity index (χ3v) is 6.05. The van der Waals surface area contributed by atoms with Gasteiger partial charge in [-0.05, 0) is 52.8 Å². The van der Waals surface area contributed by atoms with Crippen LogP contribution >= 0.6 is 0 Å². The van der Waals surface area contributed by atoms with Crippen LogP contribution in [0.1, 0.15) is 40.7 Å². The number of amides is 1. The second-order valence-corrected chi connectivity index (χ2v) is 8.17. The van der Waals surface area contributed by atoms with E-state index in [1.54, 1.807) is 18.2 Å². The molecule has 0 radical (unpaired) electrons. The van der Waals surface area contributed by atoms with Gasteiger partial charge in [0.25, 0.3) is 0 Å². The lowest BCUT2D eigenvalue weighted by Gasteiger charge is -2.19. The van der Waals surface area contributed by atoms with Crippen molar-refractivity contribution >= 4 is 11.8 Å². The van der Waals surface area contributed by atoms with Crippen molar-refractivity contribution in [2.75, 3.05) is 18.9 Å². The lowest BCUT2D eigenvalue weighted by atomic mass is 9.98. The topological polar surface area (TPSA) is 105 Å². The van der Waals surface area contributed by atoms with Crippen molar-refractivity contribution in [1.82, 2.24) is 5.32 Å². The second-order valence-electron chi connectivity index (χ2n) is 8.17. The van der Waals surface area contributed by atoms with Gasteiger partial charge in [-0.25, -0.2) is 4.79 Å². The molecule has 1 aliphatic rings. The molecule has 0 bridgehead atoms. The predicted molar refractivity (Wildman–Crippen MR) is 124 cm³/mol. The first-order valence-corrected chi connectivity index (χ1v) is 10.8. The average molecular weight is 433 g/mol. The first kappa shape index (κ1) is 21.9. The van der Waals surface area contributed by atoms with Crippen LogP contribution in [0.15, 0.2) is 66.7 Å². The smallest absolute Gasteiger partial charge is 0.407 e. The number of carbonyl (C=O) groups is 1. The van der Waals surface area contributed by atoms with Crippen LogP contribution in [0.2, 0.25) is 0 Å². The van der Waals surface area contributed by atoms with Crippen molar-refractivity contribution in [3.05, 3.63) is 89.0 Å². The van der Waals surface area contributed by atoms with Crippen LogP contribution in [0, 0.1) is 6.92 Å². The minimum absolute atomic E-state index is 0.00526. The third-order valence-electron chi connectivity index (χ3n) is 6.05. The van der Waals surface area contributed by atoms with Crippen LogP contribution in [-0.4, -0.2) is 35.6 Å². The van der Waals surface area contributed by atoms with Gasteiger partial charge in [0.05, 0.1) is 6.10 Å². The molecule has 0 heterocycles. The number of hydrogen-bond donors (Lipinski definition) is 4. The molecule has 2 unspecified atom stereocenters. The second kappa shape index (κ2) is 9.42. The number of benzene rings is 3. The Labute approximate surface area is 187 Å². The summed E-state index contributed by atoms with van der Waals surface area (Å²) in [4.78, 5) is 12.2. The van der Waals surface area contributed by atoms with Crippen LogP contribution in [0.5, 0.6) is 0 Å². The third kappa shape index (κ3) is 4.47. The molecule has 0 spiro atoms. The van der Waals surface area contributed by atoms with Crippen molar-refractivity contribution in [3.63, 3.8) is 0 Å². The summed E-state index contributed by atoms with van der Waals surface area (Å²) < 4.78 is 5.49. The number of hydrogen-bond acceptors (Lipinski definition) is 5. The number of nitrogens with two attached hydrogens (primary N) is 1. The average Bonchev–Trinajstić information content (AvgIpc) is 3.12. The van der Waals surface area contributed by atoms with Gasteiger partial charge in [-0.3, -0.25) is 0 Å². The molecule has 166 valence electrons. The van der Waals surface area contributed by atoms with Gasteiger partial charge in [-0.2, -0.15) is 0 Å². The number of carbonyl (C=O) groups excluding carboxylic acids is 1. The molecule has 4 rings (SSSR count). The predicted octanol–water partition coefficient (Wildman–Crippen LogP) is 3.90. The van der Waals surface area contributed by atoms with Crippen molar-refractivity contribution < 1.29 is 19.7 Å². The molecule has 0 aromatic heterocycles. The van der Waals surface area contributed by atoms with Gasteiger partial charge in [0, 0.05) is 18.2 Å². The van der Waals surface area contributed by atoms with Crippen LogP contribution in [0.25, 0.3) is 11.1 Å². The molecule has 0 fully saturated rings. The molecule has 3 aromatic carbocycles. The first-order chi connectivity index (χ1) is 15.5. The van der Waals surface area contributed by atoms with Crippen LogP contribution < -0.4 is 11.1 Å². The van der Waals surface area contributed by atoms with Gasteiger partial charge in [-0.1, -0.05) is 60.7 Å². The van der Waals surface area contributed by atoms with Crippen molar-refractivity contribution in [2.24, 2.45) is 0 Å². The molecule has 3 aromatic rings. The van der Waals surface area contributed by atoms with Crippen molar-refractivity contribution in [3.8, 4) is 11.1 Å². The van der Waals surface area contributed by atoms with E-state index < -0.39 is 18.3 Å². The zero-order valence-corrected chi connectivity index (χ0v) is 18.0. The van der Waals surface area contributed by atoms with Crippen LogP contribution in [0.4, 0.5) is 10.5 Å². The molecule has 1 amide bonds. The summed E-state index contributed by atoms with van der Waals surface area (Å²) in [5, 5.41) is 23.3. The number of fused-ring (bicyclic) bond motifs is 3. The zero-order valence-electron chi connectivity index (χ0n) is 18.0. The Morgan fingerprint density at radius 1 is 1.03 bits per heavy atom. The van der Waals surface area contributed by atoms with E-state index in [1.165, 1.54) is 11.1 Å². The van der Waals surface area contributed by atoms with Gasteiger partial charge in [0.1, 0.15) is 12.7 Å². The molecule has 1 aliphatic carbocycles. The Hall–Kier alpha value is -3.35. The Morgan fingerprint density at radius 2 is 1.66 bits per heavy atom. The Bertz CT molecular complexity index is 1070. The fraction of sp³-hybridized carbons (Fsp3) is 0.269. The van der Waals surface area contributed by atoms with E-state index in [2.05, 4.69) is 29.6 Å². The number of nitrogens with one attached hydrogen (secondary N) is 1. The summed E-state index contributed by atoms with van der Waals surface area (Å²) >= 11 is 0.